The number of hydrogen-bond acceptors (Lipinski definition) is 4. The molecule has 0 unspecified atom stereocenters. The molecule has 116 valence electrons. The van der Waals surface area contributed by atoms with E-state index in [9.17, 15) is 0 Å². The van der Waals surface area contributed by atoms with Crippen molar-refractivity contribution in [3.8, 4) is 0 Å². The molecule has 0 amide bonds. The largest absolute Gasteiger partial charge is 0.409 e. The number of oxime groups is 1. The van der Waals surface area contributed by atoms with Gasteiger partial charge in [0.05, 0.1) is 0 Å². The van der Waals surface area contributed by atoms with E-state index in [4.69, 9.17) is 10.9 Å². The van der Waals surface area contributed by atoms with E-state index in [1.165, 1.54) is 25.7 Å². The summed E-state index contributed by atoms with van der Waals surface area (Å²) in [5.74, 6) is 1.65. The van der Waals surface area contributed by atoms with E-state index in [2.05, 4.69) is 28.9 Å². The van der Waals surface area contributed by atoms with E-state index in [1.54, 1.807) is 0 Å². The molecule has 0 aliphatic heterocycles. The minimum absolute atomic E-state index is 0.137. The van der Waals surface area contributed by atoms with E-state index in [0.717, 1.165) is 23.6 Å². The zero-order valence-corrected chi connectivity index (χ0v) is 13.2. The molecule has 1 aliphatic carbocycles. The van der Waals surface area contributed by atoms with Crippen LogP contribution in [0.4, 0.5) is 5.82 Å². The highest BCUT2D eigenvalue weighted by Crippen LogP contribution is 2.28. The third kappa shape index (κ3) is 3.86. The average molecular weight is 290 g/mol. The van der Waals surface area contributed by atoms with Crippen molar-refractivity contribution in [1.29, 1.82) is 0 Å². The Kier molecular flexibility index (Phi) is 5.04. The third-order valence-electron chi connectivity index (χ3n) is 3.96. The number of aryl methyl sites for hydroxylation is 1. The quantitative estimate of drug-likeness (QED) is 0.378. The van der Waals surface area contributed by atoms with Crippen LogP contribution in [0.25, 0.3) is 0 Å². The smallest absolute Gasteiger partial charge is 0.170 e. The molecule has 0 aromatic carbocycles. The van der Waals surface area contributed by atoms with Gasteiger partial charge in [-0.25, -0.2) is 4.98 Å². The highest BCUT2D eigenvalue weighted by atomic mass is 16.4. The third-order valence-corrected chi connectivity index (χ3v) is 3.96. The van der Waals surface area contributed by atoms with Gasteiger partial charge < -0.3 is 15.8 Å². The van der Waals surface area contributed by atoms with Crippen molar-refractivity contribution < 1.29 is 5.21 Å². The summed E-state index contributed by atoms with van der Waals surface area (Å²) < 4.78 is 0. The molecule has 0 saturated heterocycles. The van der Waals surface area contributed by atoms with E-state index >= 15 is 0 Å². The number of rotatable bonds is 5. The van der Waals surface area contributed by atoms with Gasteiger partial charge in [-0.1, -0.05) is 31.8 Å². The number of anilines is 1. The molecule has 0 radical (unpaired) electrons. The lowest BCUT2D eigenvalue weighted by Crippen LogP contribution is -2.37. The Bertz CT molecular complexity index is 507. The topological polar surface area (TPSA) is 74.7 Å². The van der Waals surface area contributed by atoms with Gasteiger partial charge in [0, 0.05) is 23.8 Å². The number of hydrogen-bond donors (Lipinski definition) is 2. The first kappa shape index (κ1) is 15.6. The maximum absolute atomic E-state index is 8.89. The molecule has 1 aromatic heterocycles. The van der Waals surface area contributed by atoms with Gasteiger partial charge in [-0.3, -0.25) is 0 Å². The summed E-state index contributed by atoms with van der Waals surface area (Å²) in [6.45, 7) is 7.38. The molecule has 1 saturated carbocycles. The summed E-state index contributed by atoms with van der Waals surface area (Å²) in [4.78, 5) is 7.08. The molecular formula is C16H26N4O. The Morgan fingerprint density at radius 1 is 1.43 bits per heavy atom. The Morgan fingerprint density at radius 3 is 2.67 bits per heavy atom. The Hall–Kier alpha value is -1.78. The molecule has 5 heteroatoms. The van der Waals surface area contributed by atoms with Crippen LogP contribution in [0.3, 0.4) is 0 Å². The molecule has 0 bridgehead atoms. The fraction of sp³-hybridized carbons (Fsp3) is 0.625. The molecule has 0 atom stereocenters. The van der Waals surface area contributed by atoms with Crippen LogP contribution in [0.2, 0.25) is 0 Å². The van der Waals surface area contributed by atoms with Gasteiger partial charge >= 0.3 is 0 Å². The molecule has 5 nitrogen and oxygen atoms in total. The Morgan fingerprint density at radius 2 is 2.10 bits per heavy atom. The van der Waals surface area contributed by atoms with Gasteiger partial charge in [-0.05, 0) is 37.8 Å². The standard InChI is InChI=1S/C16H26N4O/c1-11(2)10-20(14-6-4-5-7-14)15-9-13(16(17)19-21)8-12(3)18-15/h8-9,11,14,21H,4-7,10H2,1-3H3,(H2,17,19). The second-order valence-corrected chi connectivity index (χ2v) is 6.33. The number of aromatic nitrogens is 1. The van der Waals surface area contributed by atoms with Crippen molar-refractivity contribution in [2.24, 2.45) is 16.8 Å². The van der Waals surface area contributed by atoms with Crippen LogP contribution in [0, 0.1) is 12.8 Å². The van der Waals surface area contributed by atoms with Crippen LogP contribution in [0.15, 0.2) is 17.3 Å². The molecule has 1 aliphatic rings. The van der Waals surface area contributed by atoms with Gasteiger partial charge in [-0.2, -0.15) is 0 Å². The normalized spacial score (nSPS) is 16.7. The predicted molar refractivity (Wildman–Crippen MR) is 85.9 cm³/mol. The number of pyridine rings is 1. The molecule has 2 rings (SSSR count). The van der Waals surface area contributed by atoms with E-state index in [-0.39, 0.29) is 5.84 Å². The molecule has 21 heavy (non-hydrogen) atoms. The van der Waals surface area contributed by atoms with Gasteiger partial charge in [0.2, 0.25) is 0 Å². The summed E-state index contributed by atoms with van der Waals surface area (Å²) in [6.07, 6.45) is 5.03. The highest BCUT2D eigenvalue weighted by molar-refractivity contribution is 5.97. The predicted octanol–water partition coefficient (Wildman–Crippen LogP) is 2.89. The van der Waals surface area contributed by atoms with Crippen molar-refractivity contribution in [2.45, 2.75) is 52.5 Å². The van der Waals surface area contributed by atoms with Crippen LogP contribution in [-0.2, 0) is 0 Å². The van der Waals surface area contributed by atoms with Gasteiger partial charge in [0.1, 0.15) is 5.82 Å². The van der Waals surface area contributed by atoms with Gasteiger partial charge in [-0.15, -0.1) is 0 Å². The summed E-state index contributed by atoms with van der Waals surface area (Å²) in [5.41, 5.74) is 7.36. The SMILES string of the molecule is Cc1cc(/C(N)=N/O)cc(N(CC(C)C)C2CCCC2)n1. The highest BCUT2D eigenvalue weighted by Gasteiger charge is 2.25. The van der Waals surface area contributed by atoms with Crippen molar-refractivity contribution in [1.82, 2.24) is 4.98 Å². The summed E-state index contributed by atoms with van der Waals surface area (Å²) in [7, 11) is 0. The molecule has 1 aromatic rings. The summed E-state index contributed by atoms with van der Waals surface area (Å²) in [6, 6.07) is 4.34. The number of nitrogens with two attached hydrogens (primary N) is 1. The van der Waals surface area contributed by atoms with E-state index in [0.29, 0.717) is 12.0 Å². The first-order valence-electron chi connectivity index (χ1n) is 7.74. The summed E-state index contributed by atoms with van der Waals surface area (Å²) in [5, 5.41) is 12.0. The molecule has 1 heterocycles. The Labute approximate surface area is 126 Å². The minimum atomic E-state index is 0.137. The van der Waals surface area contributed by atoms with Crippen LogP contribution in [-0.4, -0.2) is 28.6 Å². The van der Waals surface area contributed by atoms with Gasteiger partial charge in [0.15, 0.2) is 5.84 Å². The second-order valence-electron chi connectivity index (χ2n) is 6.33. The zero-order chi connectivity index (χ0) is 15.4. The van der Waals surface area contributed by atoms with Crippen LogP contribution < -0.4 is 10.6 Å². The minimum Gasteiger partial charge on any atom is -0.409 e. The van der Waals surface area contributed by atoms with Crippen molar-refractivity contribution in [3.63, 3.8) is 0 Å². The van der Waals surface area contributed by atoms with Gasteiger partial charge in [0.25, 0.3) is 0 Å². The molecule has 3 N–H and O–H groups in total. The van der Waals surface area contributed by atoms with Crippen molar-refractivity contribution >= 4 is 11.7 Å². The lowest BCUT2D eigenvalue weighted by atomic mass is 10.1. The average Bonchev–Trinajstić information content (AvgIpc) is 2.96. The van der Waals surface area contributed by atoms with Crippen LogP contribution in [0.1, 0.15) is 50.8 Å². The van der Waals surface area contributed by atoms with Crippen LogP contribution >= 0.6 is 0 Å². The Balaban J connectivity index is 2.36. The van der Waals surface area contributed by atoms with E-state index in [1.807, 2.05) is 19.1 Å². The molecule has 1 fully saturated rings. The van der Waals surface area contributed by atoms with E-state index < -0.39 is 0 Å². The fourth-order valence-electron chi connectivity index (χ4n) is 3.04. The van der Waals surface area contributed by atoms with Crippen molar-refractivity contribution in [3.05, 3.63) is 23.4 Å². The molecule has 0 spiro atoms. The van der Waals surface area contributed by atoms with Crippen molar-refractivity contribution in [2.75, 3.05) is 11.4 Å². The van der Waals surface area contributed by atoms with Crippen LogP contribution in [0.5, 0.6) is 0 Å². The lowest BCUT2D eigenvalue weighted by Gasteiger charge is -2.32. The zero-order valence-electron chi connectivity index (χ0n) is 13.2. The summed E-state index contributed by atoms with van der Waals surface area (Å²) >= 11 is 0. The number of amidine groups is 1. The maximum Gasteiger partial charge on any atom is 0.170 e. The first-order valence-corrected chi connectivity index (χ1v) is 7.74. The monoisotopic (exact) mass is 290 g/mol. The fourth-order valence-corrected chi connectivity index (χ4v) is 3.04. The second kappa shape index (κ2) is 6.78. The lowest BCUT2D eigenvalue weighted by molar-refractivity contribution is 0.318. The molecular weight excluding hydrogens is 264 g/mol. The maximum atomic E-state index is 8.89. The number of nitrogens with zero attached hydrogens (tertiary/aromatic N) is 3. The first-order chi connectivity index (χ1) is 10.0.